The third-order valence-electron chi connectivity index (χ3n) is 3.84. The number of hydrogen-bond donors (Lipinski definition) is 0. The second kappa shape index (κ2) is 5.90. The van der Waals surface area contributed by atoms with Crippen LogP contribution in [0.1, 0.15) is 34.4 Å². The highest BCUT2D eigenvalue weighted by Gasteiger charge is 2.26. The van der Waals surface area contributed by atoms with Gasteiger partial charge in [-0.15, -0.1) is 0 Å². The van der Waals surface area contributed by atoms with Crippen LogP contribution in [0, 0.1) is 0 Å². The lowest BCUT2D eigenvalue weighted by Gasteiger charge is -2.21. The quantitative estimate of drug-likeness (QED) is 0.612. The fraction of sp³-hybridized carbons (Fsp3) is 0.294. The molecule has 1 nitrogen and oxygen atoms in total. The Bertz CT molecular complexity index is 610. The third kappa shape index (κ3) is 2.66. The summed E-state index contributed by atoms with van der Waals surface area (Å²) in [6, 6.07) is 14.9. The molecule has 0 aliphatic carbocycles. The molecule has 2 aromatic carbocycles. The maximum absolute atomic E-state index is 5.84. The highest BCUT2D eigenvalue weighted by atomic mass is 79.9. The van der Waals surface area contributed by atoms with Gasteiger partial charge in [0.25, 0.3) is 0 Å². The Morgan fingerprint density at radius 2 is 1.90 bits per heavy atom. The molecule has 0 saturated carbocycles. The Morgan fingerprint density at radius 1 is 1.15 bits per heavy atom. The highest BCUT2D eigenvalue weighted by Crippen LogP contribution is 2.45. The largest absolute Gasteiger partial charge is 0.493 e. The number of halogens is 2. The van der Waals surface area contributed by atoms with Gasteiger partial charge in [0, 0.05) is 21.3 Å². The van der Waals surface area contributed by atoms with Crippen LogP contribution in [0.4, 0.5) is 0 Å². The first-order chi connectivity index (χ1) is 9.66. The Labute approximate surface area is 136 Å². The average Bonchev–Trinajstić information content (AvgIpc) is 2.94. The zero-order chi connectivity index (χ0) is 14.1. The van der Waals surface area contributed by atoms with Crippen molar-refractivity contribution in [3.05, 3.63) is 63.6 Å². The second-order valence-electron chi connectivity index (χ2n) is 5.18. The summed E-state index contributed by atoms with van der Waals surface area (Å²) in [6.07, 6.45) is 1.00. The number of benzene rings is 2. The molecule has 104 valence electrons. The van der Waals surface area contributed by atoms with E-state index >= 15 is 0 Å². The van der Waals surface area contributed by atoms with Gasteiger partial charge in [-0.3, -0.25) is 0 Å². The van der Waals surface area contributed by atoms with Crippen LogP contribution in [0.15, 0.2) is 46.9 Å². The summed E-state index contributed by atoms with van der Waals surface area (Å²) < 4.78 is 6.97. The number of fused-ring (bicyclic) bond motifs is 1. The Balaban J connectivity index is 1.97. The monoisotopic (exact) mass is 394 g/mol. The van der Waals surface area contributed by atoms with Crippen LogP contribution in [0.3, 0.4) is 0 Å². The molecule has 2 atom stereocenters. The average molecular weight is 396 g/mol. The van der Waals surface area contributed by atoms with Crippen LogP contribution in [0.5, 0.6) is 5.75 Å². The Hall–Kier alpha value is -0.800. The molecule has 0 amide bonds. The van der Waals surface area contributed by atoms with Crippen molar-refractivity contribution >= 4 is 31.9 Å². The molecule has 20 heavy (non-hydrogen) atoms. The van der Waals surface area contributed by atoms with E-state index in [1.807, 2.05) is 0 Å². The molecule has 1 heterocycles. The first-order valence-electron chi connectivity index (χ1n) is 6.81. The maximum Gasteiger partial charge on any atom is 0.127 e. The second-order valence-corrected chi connectivity index (χ2v) is 7.09. The number of alkyl halides is 1. The van der Waals surface area contributed by atoms with Gasteiger partial charge in [0.2, 0.25) is 0 Å². The molecule has 0 fully saturated rings. The molecule has 0 N–H and O–H groups in total. The van der Waals surface area contributed by atoms with Crippen molar-refractivity contribution in [3.63, 3.8) is 0 Å². The summed E-state index contributed by atoms with van der Waals surface area (Å²) in [5.74, 6) is 1.46. The van der Waals surface area contributed by atoms with Crippen molar-refractivity contribution in [2.24, 2.45) is 0 Å². The lowest BCUT2D eigenvalue weighted by atomic mass is 9.92. The SMILES string of the molecule is CC(c1ccccc1)C(Br)c1cc(Br)cc2c1OCC2. The van der Waals surface area contributed by atoms with Gasteiger partial charge in [-0.2, -0.15) is 0 Å². The zero-order valence-electron chi connectivity index (χ0n) is 11.3. The van der Waals surface area contributed by atoms with Crippen molar-refractivity contribution in [1.82, 2.24) is 0 Å². The molecular weight excluding hydrogens is 380 g/mol. The first-order valence-corrected chi connectivity index (χ1v) is 8.52. The number of rotatable bonds is 3. The smallest absolute Gasteiger partial charge is 0.127 e. The summed E-state index contributed by atoms with van der Waals surface area (Å²) in [7, 11) is 0. The van der Waals surface area contributed by atoms with E-state index in [9.17, 15) is 0 Å². The lowest BCUT2D eigenvalue weighted by Crippen LogP contribution is -2.04. The van der Waals surface area contributed by atoms with Gasteiger partial charge in [-0.05, 0) is 29.2 Å². The molecule has 0 spiro atoms. The molecule has 0 saturated heterocycles. The van der Waals surface area contributed by atoms with Crippen molar-refractivity contribution in [2.45, 2.75) is 24.1 Å². The predicted molar refractivity (Wildman–Crippen MR) is 89.9 cm³/mol. The van der Waals surface area contributed by atoms with Gasteiger partial charge in [0.15, 0.2) is 0 Å². The topological polar surface area (TPSA) is 9.23 Å². The van der Waals surface area contributed by atoms with E-state index in [1.54, 1.807) is 0 Å². The van der Waals surface area contributed by atoms with Crippen LogP contribution < -0.4 is 4.74 Å². The van der Waals surface area contributed by atoms with E-state index in [0.29, 0.717) is 5.92 Å². The number of hydrogen-bond acceptors (Lipinski definition) is 1. The molecule has 1 aliphatic heterocycles. The summed E-state index contributed by atoms with van der Waals surface area (Å²) >= 11 is 7.49. The van der Waals surface area contributed by atoms with E-state index in [4.69, 9.17) is 4.74 Å². The fourth-order valence-corrected chi connectivity index (χ4v) is 3.87. The lowest BCUT2D eigenvalue weighted by molar-refractivity contribution is 0.352. The van der Waals surface area contributed by atoms with Gasteiger partial charge < -0.3 is 4.74 Å². The van der Waals surface area contributed by atoms with Crippen LogP contribution in [-0.2, 0) is 6.42 Å². The molecule has 3 heteroatoms. The van der Waals surface area contributed by atoms with Crippen molar-refractivity contribution < 1.29 is 4.74 Å². The molecule has 2 unspecified atom stereocenters. The number of ether oxygens (including phenoxy) is 1. The summed E-state index contributed by atoms with van der Waals surface area (Å²) in [5.41, 5.74) is 3.88. The molecule has 0 aromatic heterocycles. The van der Waals surface area contributed by atoms with E-state index < -0.39 is 0 Å². The molecular formula is C17H16Br2O. The van der Waals surface area contributed by atoms with Gasteiger partial charge in [-0.25, -0.2) is 0 Å². The highest BCUT2D eigenvalue weighted by molar-refractivity contribution is 9.10. The van der Waals surface area contributed by atoms with Crippen LogP contribution >= 0.6 is 31.9 Å². The minimum atomic E-state index is 0.245. The van der Waals surface area contributed by atoms with Gasteiger partial charge in [0.05, 0.1) is 6.61 Å². The fourth-order valence-electron chi connectivity index (χ4n) is 2.70. The van der Waals surface area contributed by atoms with Gasteiger partial charge in [0.1, 0.15) is 5.75 Å². The molecule has 1 aliphatic rings. The van der Waals surface area contributed by atoms with Gasteiger partial charge >= 0.3 is 0 Å². The van der Waals surface area contributed by atoms with Crippen LogP contribution in [0.25, 0.3) is 0 Å². The molecule has 3 rings (SSSR count). The normalized spacial score (nSPS) is 16.4. The van der Waals surface area contributed by atoms with E-state index in [1.165, 1.54) is 16.7 Å². The van der Waals surface area contributed by atoms with Crippen LogP contribution in [0.2, 0.25) is 0 Å². The molecule has 2 aromatic rings. The molecule has 0 radical (unpaired) electrons. The minimum Gasteiger partial charge on any atom is -0.493 e. The third-order valence-corrected chi connectivity index (χ3v) is 5.58. The Kier molecular flexibility index (Phi) is 4.18. The van der Waals surface area contributed by atoms with E-state index in [-0.39, 0.29) is 4.83 Å². The predicted octanol–water partition coefficient (Wildman–Crippen LogP) is 5.62. The van der Waals surface area contributed by atoms with E-state index in [0.717, 1.165) is 23.2 Å². The van der Waals surface area contributed by atoms with Crippen LogP contribution in [-0.4, -0.2) is 6.61 Å². The Morgan fingerprint density at radius 3 is 2.65 bits per heavy atom. The maximum atomic E-state index is 5.84. The summed E-state index contributed by atoms with van der Waals surface area (Å²) in [6.45, 7) is 3.04. The van der Waals surface area contributed by atoms with Crippen molar-refractivity contribution in [1.29, 1.82) is 0 Å². The first kappa shape index (κ1) is 14.2. The summed E-state index contributed by atoms with van der Waals surface area (Å²) in [5, 5.41) is 0. The van der Waals surface area contributed by atoms with Crippen molar-refractivity contribution in [3.8, 4) is 5.75 Å². The molecule has 0 bridgehead atoms. The zero-order valence-corrected chi connectivity index (χ0v) is 14.4. The van der Waals surface area contributed by atoms with Crippen molar-refractivity contribution in [2.75, 3.05) is 6.61 Å². The van der Waals surface area contributed by atoms with Gasteiger partial charge in [-0.1, -0.05) is 69.1 Å². The standard InChI is InChI=1S/C17H16Br2O/c1-11(12-5-3-2-4-6-12)16(19)15-10-14(18)9-13-7-8-20-17(13)15/h2-6,9-11,16H,7-8H2,1H3. The van der Waals surface area contributed by atoms with E-state index in [2.05, 4.69) is 81.2 Å². The minimum absolute atomic E-state index is 0.245. The summed E-state index contributed by atoms with van der Waals surface area (Å²) in [4.78, 5) is 0.245.